The number of carbonyl (C=O) groups excluding carboxylic acids is 2. The van der Waals surface area contributed by atoms with E-state index in [-0.39, 0.29) is 5.84 Å². The number of nitrogens with one attached hydrogen (secondary N) is 4. The Morgan fingerprint density at radius 3 is 2.58 bits per heavy atom. The van der Waals surface area contributed by atoms with Crippen molar-refractivity contribution in [1.82, 2.24) is 25.5 Å². The molecule has 0 aliphatic carbocycles. The highest BCUT2D eigenvalue weighted by molar-refractivity contribution is 6.38. The smallest absolute Gasteiger partial charge is 0.412 e. The molecule has 2 amide bonds. The summed E-state index contributed by atoms with van der Waals surface area (Å²) in [6.45, 7) is 10.8. The molecule has 0 spiro atoms. The first-order valence-electron chi connectivity index (χ1n) is 10.3. The van der Waals surface area contributed by atoms with Gasteiger partial charge in [0.2, 0.25) is 5.84 Å². The lowest BCUT2D eigenvalue weighted by Gasteiger charge is -2.19. The fourth-order valence-corrected chi connectivity index (χ4v) is 2.56. The molecule has 0 saturated heterocycles. The van der Waals surface area contributed by atoms with Gasteiger partial charge in [0.15, 0.2) is 6.23 Å². The number of hydrogen-bond donors (Lipinski definition) is 5. The molecule has 0 saturated carbocycles. The fraction of sp³-hybridized carbons (Fsp3) is 0.409. The number of allylic oxidation sites excluding steroid dienone is 2. The van der Waals surface area contributed by atoms with Gasteiger partial charge in [-0.1, -0.05) is 12.7 Å². The Hall–Kier alpha value is -3.73. The lowest BCUT2D eigenvalue weighted by Crippen LogP contribution is -2.40. The molecule has 1 aromatic rings. The summed E-state index contributed by atoms with van der Waals surface area (Å²) < 4.78 is 6.84. The first-order valence-corrected chi connectivity index (χ1v) is 10.3. The van der Waals surface area contributed by atoms with Crippen LogP contribution in [0.3, 0.4) is 0 Å². The van der Waals surface area contributed by atoms with E-state index in [2.05, 4.69) is 33.1 Å². The zero-order valence-electron chi connectivity index (χ0n) is 20.3. The SMILES string of the molecule is C=CN(C)/C(=N\NC(O)c1cc(NC(=O)OC(C)(C)C)cn1C)C(=O)N/C(C=CC)=C/NC. The van der Waals surface area contributed by atoms with Crippen molar-refractivity contribution in [1.29, 1.82) is 0 Å². The Kier molecular flexibility index (Phi) is 10.2. The summed E-state index contributed by atoms with van der Waals surface area (Å²) in [6.07, 6.45) is 6.25. The molecule has 11 nitrogen and oxygen atoms in total. The van der Waals surface area contributed by atoms with Crippen molar-refractivity contribution in [3.8, 4) is 0 Å². The van der Waals surface area contributed by atoms with E-state index in [1.165, 1.54) is 11.1 Å². The van der Waals surface area contributed by atoms with Crippen LogP contribution in [-0.2, 0) is 16.6 Å². The lowest BCUT2D eigenvalue weighted by molar-refractivity contribution is -0.114. The molecule has 33 heavy (non-hydrogen) atoms. The second kappa shape index (κ2) is 12.3. The van der Waals surface area contributed by atoms with Gasteiger partial charge in [-0.3, -0.25) is 15.5 Å². The third kappa shape index (κ3) is 9.11. The maximum Gasteiger partial charge on any atom is 0.412 e. The summed E-state index contributed by atoms with van der Waals surface area (Å²) in [5, 5.41) is 22.8. The monoisotopic (exact) mass is 461 g/mol. The van der Waals surface area contributed by atoms with Crippen LogP contribution in [0.4, 0.5) is 10.5 Å². The largest absolute Gasteiger partial charge is 0.444 e. The van der Waals surface area contributed by atoms with Crippen LogP contribution in [-0.4, -0.2) is 52.1 Å². The van der Waals surface area contributed by atoms with Gasteiger partial charge in [0.05, 0.1) is 17.1 Å². The molecule has 1 atom stereocenters. The molecule has 1 heterocycles. The number of likely N-dealkylation sites (N-methyl/N-ethyl adjacent to an activating group) is 1. The first kappa shape index (κ1) is 27.3. The minimum absolute atomic E-state index is 0.0307. The topological polar surface area (TPSA) is 132 Å². The van der Waals surface area contributed by atoms with E-state index in [0.29, 0.717) is 17.1 Å². The molecule has 0 aliphatic rings. The number of aryl methyl sites for hydroxylation is 1. The predicted octanol–water partition coefficient (Wildman–Crippen LogP) is 2.09. The van der Waals surface area contributed by atoms with E-state index in [1.54, 1.807) is 77.1 Å². The van der Waals surface area contributed by atoms with E-state index >= 15 is 0 Å². The van der Waals surface area contributed by atoms with Crippen molar-refractivity contribution in [2.45, 2.75) is 39.5 Å². The number of hydrogen-bond acceptors (Lipinski definition) is 7. The number of carbonyl (C=O) groups is 2. The van der Waals surface area contributed by atoms with Crippen LogP contribution >= 0.6 is 0 Å². The third-order valence-corrected chi connectivity index (χ3v) is 3.98. The van der Waals surface area contributed by atoms with Gasteiger partial charge in [0, 0.05) is 33.5 Å². The van der Waals surface area contributed by atoms with Gasteiger partial charge in [0.1, 0.15) is 5.60 Å². The molecule has 1 unspecified atom stereocenters. The van der Waals surface area contributed by atoms with E-state index in [0.717, 1.165) is 0 Å². The number of rotatable bonds is 8. The molecular weight excluding hydrogens is 426 g/mol. The lowest BCUT2D eigenvalue weighted by atomic mass is 10.2. The normalized spacial score (nSPS) is 13.3. The van der Waals surface area contributed by atoms with E-state index < -0.39 is 23.8 Å². The van der Waals surface area contributed by atoms with Crippen LogP contribution in [0, 0.1) is 0 Å². The van der Waals surface area contributed by atoms with Gasteiger partial charge in [-0.25, -0.2) is 4.79 Å². The molecular formula is C22H35N7O4. The van der Waals surface area contributed by atoms with Crippen molar-refractivity contribution < 1.29 is 19.4 Å². The zero-order chi connectivity index (χ0) is 25.2. The van der Waals surface area contributed by atoms with Gasteiger partial charge >= 0.3 is 6.09 Å². The van der Waals surface area contributed by atoms with Crippen LogP contribution in [0.15, 0.2) is 54.2 Å². The second-order valence-corrected chi connectivity index (χ2v) is 7.99. The van der Waals surface area contributed by atoms with Crippen LogP contribution in [0.2, 0.25) is 0 Å². The number of aromatic nitrogens is 1. The van der Waals surface area contributed by atoms with Crippen molar-refractivity contribution in [3.63, 3.8) is 0 Å². The Labute approximate surface area is 194 Å². The van der Waals surface area contributed by atoms with Crippen LogP contribution in [0.25, 0.3) is 0 Å². The number of aliphatic hydroxyl groups is 1. The van der Waals surface area contributed by atoms with Crippen molar-refractivity contribution in [2.24, 2.45) is 12.1 Å². The Morgan fingerprint density at radius 2 is 2.03 bits per heavy atom. The molecule has 5 N–H and O–H groups in total. The van der Waals surface area contributed by atoms with Crippen LogP contribution in [0.5, 0.6) is 0 Å². The minimum Gasteiger partial charge on any atom is -0.444 e. The summed E-state index contributed by atoms with van der Waals surface area (Å²) >= 11 is 0. The highest BCUT2D eigenvalue weighted by Gasteiger charge is 2.20. The molecule has 1 rings (SSSR count). The van der Waals surface area contributed by atoms with Crippen LogP contribution in [0.1, 0.15) is 39.6 Å². The van der Waals surface area contributed by atoms with Crippen molar-refractivity contribution >= 4 is 23.5 Å². The molecule has 11 heteroatoms. The third-order valence-electron chi connectivity index (χ3n) is 3.98. The highest BCUT2D eigenvalue weighted by atomic mass is 16.6. The Morgan fingerprint density at radius 1 is 1.36 bits per heavy atom. The first-order chi connectivity index (χ1) is 15.4. The average Bonchev–Trinajstić information content (AvgIpc) is 3.06. The number of ether oxygens (including phenoxy) is 1. The maximum atomic E-state index is 12.7. The summed E-state index contributed by atoms with van der Waals surface area (Å²) in [4.78, 5) is 26.1. The summed E-state index contributed by atoms with van der Waals surface area (Å²) in [7, 11) is 5.01. The van der Waals surface area contributed by atoms with Gasteiger partial charge in [-0.05, 0) is 46.0 Å². The number of aliphatic hydroxyl groups excluding tert-OH is 1. The number of nitrogens with zero attached hydrogens (tertiary/aromatic N) is 3. The maximum absolute atomic E-state index is 12.7. The zero-order valence-corrected chi connectivity index (χ0v) is 20.3. The molecule has 0 fully saturated rings. The standard InChI is InChI=1S/C22H35N7O4/c1-9-11-15(13-23-6)24-20(31)18(28(7)10-2)26-27-19(30)17-12-16(14-29(17)8)25-21(32)33-22(3,4)5/h9-14,19,23,27,30H,2H2,1,3-8H3,(H,24,31)(H,25,32)/b11-9?,15-13+,26-18-. The number of hydrazone groups is 1. The van der Waals surface area contributed by atoms with Crippen molar-refractivity contribution in [2.75, 3.05) is 19.4 Å². The second-order valence-electron chi connectivity index (χ2n) is 7.99. The average molecular weight is 462 g/mol. The number of amidine groups is 1. The van der Waals surface area contributed by atoms with E-state index in [1.807, 2.05) is 6.92 Å². The van der Waals surface area contributed by atoms with E-state index in [9.17, 15) is 14.7 Å². The summed E-state index contributed by atoms with van der Waals surface area (Å²) in [5.41, 5.74) is 3.27. The van der Waals surface area contributed by atoms with Gasteiger partial charge in [0.25, 0.3) is 5.91 Å². The Balaban J connectivity index is 3.00. The quantitative estimate of drug-likeness (QED) is 0.132. The molecule has 0 radical (unpaired) electrons. The van der Waals surface area contributed by atoms with Crippen LogP contribution < -0.4 is 21.4 Å². The van der Waals surface area contributed by atoms with Crippen molar-refractivity contribution in [3.05, 3.63) is 54.8 Å². The molecule has 0 bridgehead atoms. The number of amides is 2. The fourth-order valence-electron chi connectivity index (χ4n) is 2.56. The van der Waals surface area contributed by atoms with Gasteiger partial charge in [-0.2, -0.15) is 5.10 Å². The van der Waals surface area contributed by atoms with E-state index in [4.69, 9.17) is 4.74 Å². The molecule has 0 aromatic carbocycles. The van der Waals surface area contributed by atoms with Gasteiger partial charge in [-0.15, -0.1) is 0 Å². The predicted molar refractivity (Wildman–Crippen MR) is 129 cm³/mol. The molecule has 0 aliphatic heterocycles. The highest BCUT2D eigenvalue weighted by Crippen LogP contribution is 2.19. The molecule has 182 valence electrons. The summed E-state index contributed by atoms with van der Waals surface area (Å²) in [6, 6.07) is 1.56. The number of anilines is 1. The van der Waals surface area contributed by atoms with Gasteiger partial charge < -0.3 is 29.9 Å². The summed E-state index contributed by atoms with van der Waals surface area (Å²) in [5.74, 6) is -0.548. The molecule has 1 aromatic heterocycles. The Bertz CT molecular complexity index is 926. The minimum atomic E-state index is -1.27.